The lowest BCUT2D eigenvalue weighted by atomic mass is 9.51. The minimum absolute atomic E-state index is 0.575. The van der Waals surface area contributed by atoms with Crippen LogP contribution in [0.4, 0.5) is 0 Å². The molecular formula is C23H35N. The quantitative estimate of drug-likeness (QED) is 0.590. The zero-order valence-electron chi connectivity index (χ0n) is 15.9. The fourth-order valence-electron chi connectivity index (χ4n) is 7.79. The van der Waals surface area contributed by atoms with Crippen LogP contribution in [0.3, 0.4) is 0 Å². The maximum absolute atomic E-state index is 8.00. The van der Waals surface area contributed by atoms with E-state index in [-0.39, 0.29) is 0 Å². The second-order valence-electron chi connectivity index (χ2n) is 9.27. The second-order valence-corrected chi connectivity index (χ2v) is 9.27. The van der Waals surface area contributed by atoms with Gasteiger partial charge in [-0.1, -0.05) is 31.9 Å². The van der Waals surface area contributed by atoms with Gasteiger partial charge in [-0.3, -0.25) is 0 Å². The van der Waals surface area contributed by atoms with Gasteiger partial charge in [-0.05, 0) is 98.4 Å². The second kappa shape index (κ2) is 5.85. The zero-order chi connectivity index (χ0) is 17.1. The Balaban J connectivity index is 1.66. The molecule has 0 aromatic rings. The van der Waals surface area contributed by atoms with Gasteiger partial charge >= 0.3 is 0 Å². The maximum Gasteiger partial charge on any atom is 0.0313 e. The Labute approximate surface area is 148 Å². The van der Waals surface area contributed by atoms with E-state index >= 15 is 0 Å². The van der Waals surface area contributed by atoms with Gasteiger partial charge in [-0.15, -0.1) is 6.58 Å². The van der Waals surface area contributed by atoms with Gasteiger partial charge in [0.2, 0.25) is 0 Å². The largest absolute Gasteiger partial charge is 0.305 e. The third kappa shape index (κ3) is 2.15. The van der Waals surface area contributed by atoms with Gasteiger partial charge in [0.1, 0.15) is 0 Å². The van der Waals surface area contributed by atoms with E-state index < -0.39 is 0 Å². The van der Waals surface area contributed by atoms with Gasteiger partial charge in [0.25, 0.3) is 0 Å². The lowest BCUT2D eigenvalue weighted by Gasteiger charge is -2.54. The summed E-state index contributed by atoms with van der Waals surface area (Å²) in [5.74, 6) is 6.24. The molecule has 0 heterocycles. The summed E-state index contributed by atoms with van der Waals surface area (Å²) >= 11 is 0. The van der Waals surface area contributed by atoms with Gasteiger partial charge in [-0.25, -0.2) is 0 Å². The minimum atomic E-state index is 0.575. The van der Waals surface area contributed by atoms with E-state index in [1.807, 2.05) is 0 Å². The summed E-state index contributed by atoms with van der Waals surface area (Å²) in [5, 5.41) is 8.00. The van der Waals surface area contributed by atoms with Crippen molar-refractivity contribution in [2.75, 3.05) is 0 Å². The minimum Gasteiger partial charge on any atom is -0.305 e. The topological polar surface area (TPSA) is 23.9 Å². The van der Waals surface area contributed by atoms with Gasteiger partial charge in [-0.2, -0.15) is 0 Å². The molecule has 1 N–H and O–H groups in total. The van der Waals surface area contributed by atoms with E-state index in [0.717, 1.165) is 53.6 Å². The maximum atomic E-state index is 8.00. The zero-order valence-corrected chi connectivity index (χ0v) is 15.9. The van der Waals surface area contributed by atoms with Crippen LogP contribution in [0.2, 0.25) is 0 Å². The van der Waals surface area contributed by atoms with Crippen molar-refractivity contribution in [1.82, 2.24) is 0 Å². The monoisotopic (exact) mass is 325 g/mol. The molecule has 24 heavy (non-hydrogen) atoms. The predicted octanol–water partition coefficient (Wildman–Crippen LogP) is 6.26. The van der Waals surface area contributed by atoms with Crippen molar-refractivity contribution >= 4 is 5.71 Å². The van der Waals surface area contributed by atoms with Gasteiger partial charge in [0, 0.05) is 5.71 Å². The standard InChI is InChI=1S/C23H35N/c1-5-16-18(17-9-8-15(24)12-14(17)4)10-11-23(7-3)21(6-2)19-13-20(19)22(16)23/h6,12,16-22,24H,2,5,7-11,13H2,1,3-4H3. The molecule has 0 amide bonds. The first-order valence-electron chi connectivity index (χ1n) is 10.5. The van der Waals surface area contributed by atoms with E-state index in [2.05, 4.69) is 39.5 Å². The number of hydrogen-bond acceptors (Lipinski definition) is 1. The molecule has 3 fully saturated rings. The fraction of sp³-hybridized carbons (Fsp3) is 0.783. The molecule has 8 unspecified atom stereocenters. The lowest BCUT2D eigenvalue weighted by Crippen LogP contribution is -2.47. The molecular weight excluding hydrogens is 290 g/mol. The van der Waals surface area contributed by atoms with E-state index in [4.69, 9.17) is 5.41 Å². The van der Waals surface area contributed by atoms with E-state index in [0.29, 0.717) is 5.41 Å². The van der Waals surface area contributed by atoms with Crippen LogP contribution in [0.25, 0.3) is 0 Å². The van der Waals surface area contributed by atoms with Crippen molar-refractivity contribution in [3.05, 3.63) is 24.3 Å². The van der Waals surface area contributed by atoms with Crippen LogP contribution < -0.4 is 0 Å². The summed E-state index contributed by atoms with van der Waals surface area (Å²) in [7, 11) is 0. The lowest BCUT2D eigenvalue weighted by molar-refractivity contribution is -0.0325. The van der Waals surface area contributed by atoms with Gasteiger partial charge < -0.3 is 5.41 Å². The number of rotatable bonds is 4. The number of nitrogens with one attached hydrogen (secondary N) is 1. The first-order chi connectivity index (χ1) is 11.6. The third-order valence-corrected chi connectivity index (χ3v) is 8.71. The molecule has 0 radical (unpaired) electrons. The Hall–Kier alpha value is -0.850. The number of allylic oxidation sites excluding steroid dienone is 3. The highest BCUT2D eigenvalue weighted by atomic mass is 14.7. The molecule has 4 aliphatic carbocycles. The average Bonchev–Trinajstić information content (AvgIpc) is 3.29. The van der Waals surface area contributed by atoms with Crippen LogP contribution in [0.15, 0.2) is 24.3 Å². The number of hydrogen-bond donors (Lipinski definition) is 1. The van der Waals surface area contributed by atoms with E-state index in [1.165, 1.54) is 44.1 Å². The normalized spacial score (nSPS) is 50.0. The molecule has 1 heteroatoms. The van der Waals surface area contributed by atoms with E-state index in [1.54, 1.807) is 0 Å². The van der Waals surface area contributed by atoms with Gasteiger partial charge in [0.05, 0.1) is 0 Å². The van der Waals surface area contributed by atoms with Crippen molar-refractivity contribution < 1.29 is 0 Å². The molecule has 0 bridgehead atoms. The highest BCUT2D eigenvalue weighted by Gasteiger charge is 2.68. The third-order valence-electron chi connectivity index (χ3n) is 8.71. The Morgan fingerprint density at radius 3 is 2.67 bits per heavy atom. The molecule has 8 atom stereocenters. The van der Waals surface area contributed by atoms with Crippen LogP contribution in [-0.4, -0.2) is 5.71 Å². The van der Waals surface area contributed by atoms with Crippen LogP contribution in [0.1, 0.15) is 65.7 Å². The smallest absolute Gasteiger partial charge is 0.0313 e. The first-order valence-corrected chi connectivity index (χ1v) is 10.5. The fourth-order valence-corrected chi connectivity index (χ4v) is 7.79. The van der Waals surface area contributed by atoms with Crippen molar-refractivity contribution in [3.8, 4) is 0 Å². The molecule has 4 rings (SSSR count). The van der Waals surface area contributed by atoms with Crippen molar-refractivity contribution in [3.63, 3.8) is 0 Å². The molecule has 0 aliphatic heterocycles. The molecule has 0 aromatic carbocycles. The van der Waals surface area contributed by atoms with Crippen molar-refractivity contribution in [1.29, 1.82) is 5.41 Å². The van der Waals surface area contributed by atoms with Crippen molar-refractivity contribution in [2.45, 2.75) is 65.7 Å². The summed E-state index contributed by atoms with van der Waals surface area (Å²) < 4.78 is 0. The molecule has 0 aromatic heterocycles. The molecule has 3 saturated carbocycles. The Bertz CT molecular complexity index is 573. The summed E-state index contributed by atoms with van der Waals surface area (Å²) in [4.78, 5) is 0. The molecule has 0 saturated heterocycles. The molecule has 132 valence electrons. The SMILES string of the molecule is C=CC1C2CC2C2C(CC)C(C3CCC(=N)C=C3C)CCC12CC. The first kappa shape index (κ1) is 16.6. The van der Waals surface area contributed by atoms with Crippen LogP contribution in [-0.2, 0) is 0 Å². The average molecular weight is 326 g/mol. The van der Waals surface area contributed by atoms with Crippen LogP contribution in [0.5, 0.6) is 0 Å². The van der Waals surface area contributed by atoms with Crippen molar-refractivity contribution in [2.24, 2.45) is 46.8 Å². The highest BCUT2D eigenvalue weighted by molar-refractivity contribution is 5.93. The summed E-state index contributed by atoms with van der Waals surface area (Å²) in [6.45, 7) is 11.5. The number of fused-ring (bicyclic) bond motifs is 3. The Kier molecular flexibility index (Phi) is 4.05. The van der Waals surface area contributed by atoms with Crippen LogP contribution >= 0.6 is 0 Å². The van der Waals surface area contributed by atoms with E-state index in [9.17, 15) is 0 Å². The molecule has 1 nitrogen and oxygen atoms in total. The summed E-state index contributed by atoms with van der Waals surface area (Å²) in [5.41, 5.74) is 2.93. The highest BCUT2D eigenvalue weighted by Crippen LogP contribution is 2.74. The molecule has 4 aliphatic rings. The Morgan fingerprint density at radius 1 is 1.25 bits per heavy atom. The summed E-state index contributed by atoms with van der Waals surface area (Å²) in [6, 6.07) is 0. The van der Waals surface area contributed by atoms with Gasteiger partial charge in [0.15, 0.2) is 0 Å². The molecule has 0 spiro atoms. The summed E-state index contributed by atoms with van der Waals surface area (Å²) in [6.07, 6.45) is 13.8. The van der Waals surface area contributed by atoms with Crippen LogP contribution in [0, 0.1) is 52.2 Å². The predicted molar refractivity (Wildman–Crippen MR) is 102 cm³/mol. The Morgan fingerprint density at radius 2 is 2.04 bits per heavy atom.